The van der Waals surface area contributed by atoms with Crippen LogP contribution >= 0.6 is 11.8 Å². The monoisotopic (exact) mass is 400 g/mol. The molecule has 8 heteroatoms. The second-order valence-electron chi connectivity index (χ2n) is 7.45. The topological polar surface area (TPSA) is 87.5 Å². The quantitative estimate of drug-likeness (QED) is 0.755. The van der Waals surface area contributed by atoms with Crippen LogP contribution in [0.1, 0.15) is 35.2 Å². The van der Waals surface area contributed by atoms with Crippen LogP contribution in [0.5, 0.6) is 0 Å². The highest BCUT2D eigenvalue weighted by atomic mass is 32.2. The number of aromatic nitrogens is 2. The highest BCUT2D eigenvalue weighted by Crippen LogP contribution is 2.36. The van der Waals surface area contributed by atoms with Crippen LogP contribution in [-0.4, -0.2) is 50.8 Å². The Balaban J connectivity index is 1.62. The maximum atomic E-state index is 12.7. The van der Waals surface area contributed by atoms with E-state index in [1.807, 2.05) is 26.0 Å². The van der Waals surface area contributed by atoms with Gasteiger partial charge in [-0.15, -0.1) is 0 Å². The number of thioether (sulfide) groups is 1. The fraction of sp³-hybridized carbons (Fsp3) is 0.450. The van der Waals surface area contributed by atoms with E-state index in [2.05, 4.69) is 11.4 Å². The van der Waals surface area contributed by atoms with Crippen LogP contribution in [0, 0.1) is 13.8 Å². The van der Waals surface area contributed by atoms with Crippen molar-refractivity contribution in [1.82, 2.24) is 14.7 Å². The molecular formula is C20H24N4O3S. The lowest BCUT2D eigenvalue weighted by Gasteiger charge is -2.29. The van der Waals surface area contributed by atoms with Crippen molar-refractivity contribution in [3.63, 3.8) is 0 Å². The summed E-state index contributed by atoms with van der Waals surface area (Å²) < 4.78 is 1.75. The molecule has 1 aromatic heterocycles. The maximum absolute atomic E-state index is 12.7. The Bertz CT molecular complexity index is 932. The maximum Gasteiger partial charge on any atom is 0.315 e. The van der Waals surface area contributed by atoms with E-state index in [0.29, 0.717) is 31.7 Å². The molecule has 4 rings (SSSR count). The lowest BCUT2D eigenvalue weighted by molar-refractivity contribution is -0.144. The van der Waals surface area contributed by atoms with Crippen molar-refractivity contribution in [2.75, 3.05) is 18.4 Å². The molecule has 2 amide bonds. The summed E-state index contributed by atoms with van der Waals surface area (Å²) in [5.41, 5.74) is 5.05. The van der Waals surface area contributed by atoms with Crippen LogP contribution in [0.2, 0.25) is 0 Å². The van der Waals surface area contributed by atoms with E-state index < -0.39 is 17.9 Å². The standard InChI is InChI=1S/C20H24N4O3S/c1-12-3-4-17(13(2)9-12)24-18(15-10-28-11-16(15)22-24)21-19(26)20(27)23-7-5-14(25)6-8-23/h3-4,9,14,25H,5-8,10-11H2,1-2H3,(H,21,26). The first-order valence-electron chi connectivity index (χ1n) is 9.48. The minimum absolute atomic E-state index is 0.390. The Morgan fingerprint density at radius 1 is 1.21 bits per heavy atom. The van der Waals surface area contributed by atoms with E-state index in [-0.39, 0.29) is 0 Å². The average Bonchev–Trinajstić information content (AvgIpc) is 3.24. The first-order chi connectivity index (χ1) is 13.4. The third kappa shape index (κ3) is 3.54. The largest absolute Gasteiger partial charge is 0.393 e. The van der Waals surface area contributed by atoms with Crippen molar-refractivity contribution < 1.29 is 14.7 Å². The molecule has 2 N–H and O–H groups in total. The predicted molar refractivity (Wildman–Crippen MR) is 108 cm³/mol. The van der Waals surface area contributed by atoms with Gasteiger partial charge in [-0.3, -0.25) is 9.59 Å². The summed E-state index contributed by atoms with van der Waals surface area (Å²) >= 11 is 1.75. The molecule has 0 unspecified atom stereocenters. The van der Waals surface area contributed by atoms with Gasteiger partial charge in [-0.2, -0.15) is 16.9 Å². The van der Waals surface area contributed by atoms with Gasteiger partial charge < -0.3 is 15.3 Å². The minimum atomic E-state index is -0.651. The first-order valence-corrected chi connectivity index (χ1v) is 10.6. The van der Waals surface area contributed by atoms with E-state index in [4.69, 9.17) is 5.10 Å². The normalized spacial score (nSPS) is 16.9. The Morgan fingerprint density at radius 3 is 2.68 bits per heavy atom. The van der Waals surface area contributed by atoms with Crippen LogP contribution < -0.4 is 5.32 Å². The molecule has 1 aromatic carbocycles. The van der Waals surface area contributed by atoms with Gasteiger partial charge in [0.2, 0.25) is 0 Å². The molecule has 1 fully saturated rings. The van der Waals surface area contributed by atoms with Crippen LogP contribution in [-0.2, 0) is 21.1 Å². The van der Waals surface area contributed by atoms with E-state index >= 15 is 0 Å². The lowest BCUT2D eigenvalue weighted by atomic mass is 10.1. The van der Waals surface area contributed by atoms with Crippen molar-refractivity contribution >= 4 is 29.4 Å². The zero-order chi connectivity index (χ0) is 19.8. The third-order valence-electron chi connectivity index (χ3n) is 5.31. The number of aliphatic hydroxyl groups is 1. The van der Waals surface area contributed by atoms with Gasteiger partial charge in [-0.05, 0) is 38.3 Å². The molecule has 2 aliphatic rings. The number of amides is 2. The van der Waals surface area contributed by atoms with Gasteiger partial charge in [0.1, 0.15) is 5.82 Å². The Morgan fingerprint density at radius 2 is 1.96 bits per heavy atom. The van der Waals surface area contributed by atoms with E-state index in [1.54, 1.807) is 16.4 Å². The van der Waals surface area contributed by atoms with Gasteiger partial charge in [-0.1, -0.05) is 17.7 Å². The Kier molecular flexibility index (Phi) is 5.16. The Hall–Kier alpha value is -2.32. The lowest BCUT2D eigenvalue weighted by Crippen LogP contribution is -2.45. The number of carbonyl (C=O) groups excluding carboxylic acids is 2. The molecule has 0 spiro atoms. The number of anilines is 1. The third-order valence-corrected chi connectivity index (χ3v) is 6.28. The van der Waals surface area contributed by atoms with Gasteiger partial charge in [-0.25, -0.2) is 4.68 Å². The number of benzene rings is 1. The smallest absolute Gasteiger partial charge is 0.315 e. The summed E-state index contributed by atoms with van der Waals surface area (Å²) in [6.45, 7) is 4.85. The molecule has 0 bridgehead atoms. The second-order valence-corrected chi connectivity index (χ2v) is 8.43. The molecule has 0 radical (unpaired) electrons. The zero-order valence-corrected chi connectivity index (χ0v) is 16.9. The predicted octanol–water partition coefficient (Wildman–Crippen LogP) is 2.16. The summed E-state index contributed by atoms with van der Waals surface area (Å²) in [4.78, 5) is 26.8. The van der Waals surface area contributed by atoms with E-state index in [0.717, 1.165) is 39.6 Å². The van der Waals surface area contributed by atoms with Gasteiger partial charge >= 0.3 is 11.8 Å². The fourth-order valence-corrected chi connectivity index (χ4v) is 4.77. The molecular weight excluding hydrogens is 376 g/mol. The summed E-state index contributed by atoms with van der Waals surface area (Å²) in [6.07, 6.45) is 0.621. The number of fused-ring (bicyclic) bond motifs is 1. The Labute approximate surface area is 168 Å². The molecule has 148 valence electrons. The number of hydrogen-bond acceptors (Lipinski definition) is 5. The van der Waals surface area contributed by atoms with Crippen molar-refractivity contribution in [1.29, 1.82) is 0 Å². The fourth-order valence-electron chi connectivity index (χ4n) is 3.73. The summed E-state index contributed by atoms with van der Waals surface area (Å²) in [5.74, 6) is 0.942. The first kappa shape index (κ1) is 19.0. The molecule has 2 aromatic rings. The molecule has 28 heavy (non-hydrogen) atoms. The van der Waals surface area contributed by atoms with Gasteiger partial charge in [0.25, 0.3) is 0 Å². The van der Waals surface area contributed by atoms with Crippen molar-refractivity contribution in [2.45, 2.75) is 44.3 Å². The SMILES string of the molecule is Cc1ccc(-n2nc3c(c2NC(=O)C(=O)N2CCC(O)CC2)CSC3)c(C)c1. The number of rotatable bonds is 2. The highest BCUT2D eigenvalue weighted by molar-refractivity contribution is 7.98. The summed E-state index contributed by atoms with van der Waals surface area (Å²) in [5, 5.41) is 17.2. The molecule has 0 atom stereocenters. The number of aliphatic hydroxyl groups excluding tert-OH is 1. The van der Waals surface area contributed by atoms with Gasteiger partial charge in [0.15, 0.2) is 0 Å². The number of piperidine rings is 1. The number of nitrogens with zero attached hydrogens (tertiary/aromatic N) is 3. The summed E-state index contributed by atoms with van der Waals surface area (Å²) in [7, 11) is 0. The van der Waals surface area contributed by atoms with E-state index in [9.17, 15) is 14.7 Å². The van der Waals surface area contributed by atoms with Gasteiger partial charge in [0.05, 0.1) is 17.5 Å². The van der Waals surface area contributed by atoms with Crippen LogP contribution in [0.4, 0.5) is 5.82 Å². The highest BCUT2D eigenvalue weighted by Gasteiger charge is 2.30. The van der Waals surface area contributed by atoms with Crippen LogP contribution in [0.25, 0.3) is 5.69 Å². The number of hydrogen-bond donors (Lipinski definition) is 2. The average molecular weight is 401 g/mol. The minimum Gasteiger partial charge on any atom is -0.393 e. The number of carbonyl (C=O) groups is 2. The van der Waals surface area contributed by atoms with Crippen LogP contribution in [0.3, 0.4) is 0 Å². The zero-order valence-electron chi connectivity index (χ0n) is 16.1. The molecule has 3 heterocycles. The van der Waals surface area contributed by atoms with Crippen molar-refractivity contribution in [3.05, 3.63) is 40.6 Å². The second kappa shape index (κ2) is 7.60. The van der Waals surface area contributed by atoms with E-state index in [1.165, 1.54) is 4.90 Å². The summed E-state index contributed by atoms with van der Waals surface area (Å²) in [6, 6.07) is 6.08. The molecule has 2 aliphatic heterocycles. The molecule has 7 nitrogen and oxygen atoms in total. The molecule has 0 saturated carbocycles. The molecule has 1 saturated heterocycles. The number of nitrogens with one attached hydrogen (secondary N) is 1. The number of aryl methyl sites for hydroxylation is 2. The van der Waals surface area contributed by atoms with Crippen molar-refractivity contribution in [2.24, 2.45) is 0 Å². The van der Waals surface area contributed by atoms with Gasteiger partial charge in [0, 0.05) is 30.2 Å². The van der Waals surface area contributed by atoms with Crippen molar-refractivity contribution in [3.8, 4) is 5.69 Å². The number of likely N-dealkylation sites (tertiary alicyclic amines) is 1. The van der Waals surface area contributed by atoms with Crippen LogP contribution in [0.15, 0.2) is 18.2 Å². The molecule has 0 aliphatic carbocycles.